The maximum atomic E-state index is 12.5. The van der Waals surface area contributed by atoms with Gasteiger partial charge in [0.15, 0.2) is 0 Å². The zero-order chi connectivity index (χ0) is 18.7. The fraction of sp³-hybridized carbons (Fsp3) is 0.250. The lowest BCUT2D eigenvalue weighted by atomic mass is 10.1. The molecule has 1 unspecified atom stereocenters. The Morgan fingerprint density at radius 3 is 2.31 bits per heavy atom. The molecule has 1 aliphatic heterocycles. The maximum Gasteiger partial charge on any atom is 0.253 e. The standard InChI is InChI=1S/C20H21N3O3/c1-22(2)20(26)14-8-10-16(11-9-14)21-19(25)15-12-18(24)23(13-15)17-6-4-3-5-7-17/h3-11,15H,12-13H2,1-2H3,(H,21,25). The molecule has 2 aromatic carbocycles. The van der Waals surface area contributed by atoms with Crippen LogP contribution in [0.25, 0.3) is 0 Å². The molecule has 2 aromatic rings. The van der Waals surface area contributed by atoms with Crippen LogP contribution < -0.4 is 10.2 Å². The summed E-state index contributed by atoms with van der Waals surface area (Å²) in [6.45, 7) is 0.367. The summed E-state index contributed by atoms with van der Waals surface area (Å²) in [5.41, 5.74) is 1.97. The Kier molecular flexibility index (Phi) is 5.02. The van der Waals surface area contributed by atoms with E-state index in [1.165, 1.54) is 4.90 Å². The Balaban J connectivity index is 1.64. The zero-order valence-electron chi connectivity index (χ0n) is 14.8. The molecule has 0 aliphatic carbocycles. The Bertz CT molecular complexity index is 816. The van der Waals surface area contributed by atoms with Crippen LogP contribution in [0.1, 0.15) is 16.8 Å². The van der Waals surface area contributed by atoms with Gasteiger partial charge in [-0.15, -0.1) is 0 Å². The van der Waals surface area contributed by atoms with E-state index in [0.29, 0.717) is 17.8 Å². The van der Waals surface area contributed by atoms with Gasteiger partial charge in [0.1, 0.15) is 0 Å². The van der Waals surface area contributed by atoms with Gasteiger partial charge in [-0.1, -0.05) is 18.2 Å². The van der Waals surface area contributed by atoms with E-state index in [4.69, 9.17) is 0 Å². The predicted octanol–water partition coefficient (Wildman–Crippen LogP) is 2.38. The van der Waals surface area contributed by atoms with Crippen LogP contribution in [0.2, 0.25) is 0 Å². The minimum absolute atomic E-state index is 0.0525. The Morgan fingerprint density at radius 1 is 1.04 bits per heavy atom. The number of amides is 3. The third-order valence-electron chi connectivity index (χ3n) is 4.37. The van der Waals surface area contributed by atoms with Crippen LogP contribution in [0.15, 0.2) is 54.6 Å². The molecule has 26 heavy (non-hydrogen) atoms. The highest BCUT2D eigenvalue weighted by Gasteiger charge is 2.35. The number of nitrogens with one attached hydrogen (secondary N) is 1. The van der Waals surface area contributed by atoms with E-state index in [9.17, 15) is 14.4 Å². The van der Waals surface area contributed by atoms with Crippen molar-refractivity contribution in [1.29, 1.82) is 0 Å². The minimum atomic E-state index is -0.397. The van der Waals surface area contributed by atoms with Crippen molar-refractivity contribution in [3.8, 4) is 0 Å². The molecule has 3 amide bonds. The Labute approximate surface area is 152 Å². The molecule has 134 valence electrons. The van der Waals surface area contributed by atoms with Gasteiger partial charge in [-0.05, 0) is 36.4 Å². The third kappa shape index (κ3) is 3.74. The lowest BCUT2D eigenvalue weighted by Gasteiger charge is -2.16. The van der Waals surface area contributed by atoms with Crippen molar-refractivity contribution in [1.82, 2.24) is 4.90 Å². The second-order valence-corrected chi connectivity index (χ2v) is 6.51. The Hall–Kier alpha value is -3.15. The number of nitrogens with zero attached hydrogens (tertiary/aromatic N) is 2. The van der Waals surface area contributed by atoms with Crippen molar-refractivity contribution >= 4 is 29.1 Å². The zero-order valence-corrected chi connectivity index (χ0v) is 14.8. The summed E-state index contributed by atoms with van der Waals surface area (Å²) in [6, 6.07) is 16.1. The van der Waals surface area contributed by atoms with Crippen molar-refractivity contribution in [3.05, 3.63) is 60.2 Å². The molecule has 1 aliphatic rings. The molecule has 1 saturated heterocycles. The summed E-state index contributed by atoms with van der Waals surface area (Å²) < 4.78 is 0. The fourth-order valence-electron chi connectivity index (χ4n) is 2.94. The number of anilines is 2. The fourth-order valence-corrected chi connectivity index (χ4v) is 2.94. The normalized spacial score (nSPS) is 16.5. The SMILES string of the molecule is CN(C)C(=O)c1ccc(NC(=O)C2CC(=O)N(c3ccccc3)C2)cc1. The summed E-state index contributed by atoms with van der Waals surface area (Å²) in [5.74, 6) is -0.736. The Morgan fingerprint density at radius 2 is 1.69 bits per heavy atom. The van der Waals surface area contributed by atoms with Crippen molar-refractivity contribution in [2.75, 3.05) is 30.9 Å². The van der Waals surface area contributed by atoms with Crippen molar-refractivity contribution in [2.45, 2.75) is 6.42 Å². The van der Waals surface area contributed by atoms with E-state index in [1.807, 2.05) is 30.3 Å². The van der Waals surface area contributed by atoms with E-state index in [2.05, 4.69) is 5.32 Å². The van der Waals surface area contributed by atoms with Crippen molar-refractivity contribution in [2.24, 2.45) is 5.92 Å². The largest absolute Gasteiger partial charge is 0.345 e. The average molecular weight is 351 g/mol. The van der Waals surface area contributed by atoms with Crippen LogP contribution in [-0.4, -0.2) is 43.3 Å². The lowest BCUT2D eigenvalue weighted by molar-refractivity contribution is -0.122. The molecule has 0 radical (unpaired) electrons. The quantitative estimate of drug-likeness (QED) is 0.919. The summed E-state index contributed by atoms with van der Waals surface area (Å²) in [6.07, 6.45) is 0.192. The van der Waals surface area contributed by atoms with E-state index < -0.39 is 5.92 Å². The molecular formula is C20H21N3O3. The first-order valence-corrected chi connectivity index (χ1v) is 8.43. The van der Waals surface area contributed by atoms with Crippen LogP contribution >= 0.6 is 0 Å². The molecule has 1 atom stereocenters. The first-order chi connectivity index (χ1) is 12.5. The van der Waals surface area contributed by atoms with Gasteiger partial charge in [-0.25, -0.2) is 0 Å². The summed E-state index contributed by atoms with van der Waals surface area (Å²) in [7, 11) is 3.38. The number of rotatable bonds is 4. The van der Waals surface area contributed by atoms with Crippen molar-refractivity contribution < 1.29 is 14.4 Å². The van der Waals surface area contributed by atoms with Gasteiger partial charge in [0.2, 0.25) is 11.8 Å². The maximum absolute atomic E-state index is 12.5. The molecule has 0 saturated carbocycles. The first-order valence-electron chi connectivity index (χ1n) is 8.43. The molecular weight excluding hydrogens is 330 g/mol. The number of benzene rings is 2. The number of para-hydroxylation sites is 1. The van der Waals surface area contributed by atoms with Gasteiger partial charge in [-0.3, -0.25) is 14.4 Å². The third-order valence-corrected chi connectivity index (χ3v) is 4.37. The summed E-state index contributed by atoms with van der Waals surface area (Å²) in [5, 5.41) is 2.83. The number of carbonyl (C=O) groups excluding carboxylic acids is 3. The van der Waals surface area contributed by atoms with Gasteiger partial charge >= 0.3 is 0 Å². The van der Waals surface area contributed by atoms with Crippen molar-refractivity contribution in [3.63, 3.8) is 0 Å². The molecule has 0 spiro atoms. The molecule has 1 fully saturated rings. The molecule has 1 N–H and O–H groups in total. The smallest absolute Gasteiger partial charge is 0.253 e. The van der Waals surface area contributed by atoms with Gasteiger partial charge in [0, 0.05) is 44.0 Å². The van der Waals surface area contributed by atoms with E-state index in [-0.39, 0.29) is 24.1 Å². The van der Waals surface area contributed by atoms with Crippen LogP contribution in [-0.2, 0) is 9.59 Å². The van der Waals surface area contributed by atoms with Crippen LogP contribution in [0.3, 0.4) is 0 Å². The number of hydrogen-bond acceptors (Lipinski definition) is 3. The average Bonchev–Trinajstić information content (AvgIpc) is 3.04. The second-order valence-electron chi connectivity index (χ2n) is 6.51. The highest BCUT2D eigenvalue weighted by molar-refractivity contribution is 6.03. The van der Waals surface area contributed by atoms with Gasteiger partial charge in [-0.2, -0.15) is 0 Å². The van der Waals surface area contributed by atoms with E-state index in [1.54, 1.807) is 43.3 Å². The lowest BCUT2D eigenvalue weighted by Crippen LogP contribution is -2.28. The summed E-state index contributed by atoms with van der Waals surface area (Å²) in [4.78, 5) is 39.8. The molecule has 6 nitrogen and oxygen atoms in total. The molecule has 1 heterocycles. The van der Waals surface area contributed by atoms with E-state index >= 15 is 0 Å². The predicted molar refractivity (Wildman–Crippen MR) is 100.0 cm³/mol. The van der Waals surface area contributed by atoms with Crippen LogP contribution in [0, 0.1) is 5.92 Å². The molecule has 0 bridgehead atoms. The monoisotopic (exact) mass is 351 g/mol. The highest BCUT2D eigenvalue weighted by atomic mass is 16.2. The molecule has 6 heteroatoms. The summed E-state index contributed by atoms with van der Waals surface area (Å²) >= 11 is 0. The molecule has 0 aromatic heterocycles. The van der Waals surface area contributed by atoms with Gasteiger partial charge in [0.25, 0.3) is 5.91 Å². The number of carbonyl (C=O) groups is 3. The van der Waals surface area contributed by atoms with Gasteiger partial charge < -0.3 is 15.1 Å². The molecule has 3 rings (SSSR count). The van der Waals surface area contributed by atoms with E-state index in [0.717, 1.165) is 5.69 Å². The minimum Gasteiger partial charge on any atom is -0.345 e. The van der Waals surface area contributed by atoms with Crippen LogP contribution in [0.5, 0.6) is 0 Å². The number of hydrogen-bond donors (Lipinski definition) is 1. The van der Waals surface area contributed by atoms with Crippen LogP contribution in [0.4, 0.5) is 11.4 Å². The topological polar surface area (TPSA) is 69.7 Å². The second kappa shape index (κ2) is 7.39. The first kappa shape index (κ1) is 17.7. The van der Waals surface area contributed by atoms with Gasteiger partial charge in [0.05, 0.1) is 5.92 Å². The highest BCUT2D eigenvalue weighted by Crippen LogP contribution is 2.25.